The summed E-state index contributed by atoms with van der Waals surface area (Å²) in [6.07, 6.45) is 0. The van der Waals surface area contributed by atoms with Gasteiger partial charge in [0.1, 0.15) is 0 Å². The number of carbonyl (C=O) groups excluding carboxylic acids is 1. The molecule has 3 aromatic rings. The van der Waals surface area contributed by atoms with Crippen molar-refractivity contribution in [2.75, 3.05) is 11.2 Å². The Bertz CT molecular complexity index is 958. The lowest BCUT2D eigenvalue weighted by Gasteiger charge is -2.10. The molecule has 11 heteroatoms. The van der Waals surface area contributed by atoms with E-state index in [0.717, 1.165) is 11.8 Å². The normalized spacial score (nSPS) is 12.2. The first-order chi connectivity index (χ1) is 12.3. The number of carbonyl (C=O) groups is 1. The maximum atomic E-state index is 12.3. The van der Waals surface area contributed by atoms with Crippen molar-refractivity contribution in [2.45, 2.75) is 24.3 Å². The van der Waals surface area contributed by atoms with Gasteiger partial charge in [-0.2, -0.15) is 0 Å². The third-order valence-corrected chi connectivity index (χ3v) is 4.97. The fraction of sp³-hybridized carbons (Fsp3) is 0.200. The summed E-state index contributed by atoms with van der Waals surface area (Å²) in [5, 5.41) is 15.2. The van der Waals surface area contributed by atoms with Crippen LogP contribution in [-0.2, 0) is 4.79 Å². The number of hydrogen-bond donors (Lipinski definition) is 2. The third-order valence-electron chi connectivity index (χ3n) is 3.36. The third kappa shape index (κ3) is 3.95. The van der Waals surface area contributed by atoms with Crippen LogP contribution in [0.3, 0.4) is 0 Å². The van der Waals surface area contributed by atoms with Crippen LogP contribution in [-0.4, -0.2) is 31.2 Å². The largest absolute Gasteiger partial charge is 0.338 e. The van der Waals surface area contributed by atoms with Crippen molar-refractivity contribution >= 4 is 46.8 Å². The number of nitrogens with zero attached hydrogens (tertiary/aromatic N) is 4. The number of rotatable bonds is 5. The van der Waals surface area contributed by atoms with Gasteiger partial charge in [-0.15, -0.1) is 10.2 Å². The fourth-order valence-electron chi connectivity index (χ4n) is 2.07. The molecule has 136 valence electrons. The van der Waals surface area contributed by atoms with Crippen LogP contribution < -0.4 is 11.2 Å². The van der Waals surface area contributed by atoms with Gasteiger partial charge in [-0.1, -0.05) is 40.1 Å². The molecular weight excluding hydrogens is 399 g/mol. The van der Waals surface area contributed by atoms with E-state index in [9.17, 15) is 4.79 Å². The molecule has 1 atom stereocenters. The molecule has 1 unspecified atom stereocenters. The van der Waals surface area contributed by atoms with Crippen LogP contribution in [0.2, 0.25) is 10.0 Å². The molecule has 1 aromatic carbocycles. The maximum Gasteiger partial charge on any atom is 0.240 e. The molecule has 0 aliphatic carbocycles. The van der Waals surface area contributed by atoms with E-state index in [2.05, 4.69) is 20.7 Å². The Morgan fingerprint density at radius 3 is 2.77 bits per heavy atom. The minimum absolute atomic E-state index is 0.278. The van der Waals surface area contributed by atoms with E-state index in [-0.39, 0.29) is 11.8 Å². The summed E-state index contributed by atoms with van der Waals surface area (Å²) >= 11 is 13.2. The average Bonchev–Trinajstić information content (AvgIpc) is 3.14. The number of aromatic nitrogens is 4. The predicted octanol–water partition coefficient (Wildman–Crippen LogP) is 3.38. The molecule has 0 aliphatic heterocycles. The lowest BCUT2D eigenvalue weighted by molar-refractivity contribution is -0.115. The highest BCUT2D eigenvalue weighted by Gasteiger charge is 2.21. The minimum atomic E-state index is -0.500. The van der Waals surface area contributed by atoms with E-state index >= 15 is 0 Å². The quantitative estimate of drug-likeness (QED) is 0.487. The Labute approximate surface area is 163 Å². The van der Waals surface area contributed by atoms with E-state index in [1.165, 1.54) is 4.68 Å². The van der Waals surface area contributed by atoms with Crippen LogP contribution in [0, 0.1) is 6.92 Å². The first kappa shape index (κ1) is 18.6. The van der Waals surface area contributed by atoms with Crippen LogP contribution in [0.15, 0.2) is 33.9 Å². The molecular formula is C15H14Cl2N6O2S. The van der Waals surface area contributed by atoms with E-state index in [1.807, 2.05) is 0 Å². The Kier molecular flexibility index (Phi) is 5.40. The standard InChI is InChI=1S/C15H14Cl2N6O2S/c1-7-5-12(25-22-7)19-14(24)8(2)26-15-21-20-13(23(15)18)10-4-3-9(16)6-11(10)17/h3-6,8H,18H2,1-2H3,(H,19,24). The number of hydrogen-bond acceptors (Lipinski definition) is 7. The van der Waals surface area contributed by atoms with Gasteiger partial charge in [0.2, 0.25) is 16.9 Å². The summed E-state index contributed by atoms with van der Waals surface area (Å²) in [6, 6.07) is 6.60. The molecule has 0 saturated heterocycles. The molecule has 2 heterocycles. The number of benzene rings is 1. The first-order valence-corrected chi connectivity index (χ1v) is 9.05. The van der Waals surface area contributed by atoms with Gasteiger partial charge >= 0.3 is 0 Å². The van der Waals surface area contributed by atoms with Gasteiger partial charge in [0.25, 0.3) is 0 Å². The van der Waals surface area contributed by atoms with E-state index in [4.69, 9.17) is 33.6 Å². The molecule has 3 rings (SSSR count). The Morgan fingerprint density at radius 1 is 1.35 bits per heavy atom. The molecule has 1 amide bonds. The van der Waals surface area contributed by atoms with Gasteiger partial charge in [0.15, 0.2) is 5.82 Å². The predicted molar refractivity (Wildman–Crippen MR) is 101 cm³/mol. The second-order valence-electron chi connectivity index (χ2n) is 5.38. The van der Waals surface area contributed by atoms with Gasteiger partial charge in [-0.25, -0.2) is 4.68 Å². The monoisotopic (exact) mass is 412 g/mol. The van der Waals surface area contributed by atoms with Gasteiger partial charge < -0.3 is 10.4 Å². The molecule has 0 saturated carbocycles. The summed E-state index contributed by atoms with van der Waals surface area (Å²) < 4.78 is 6.25. The molecule has 2 aromatic heterocycles. The smallest absolute Gasteiger partial charge is 0.240 e. The van der Waals surface area contributed by atoms with Crippen LogP contribution >= 0.6 is 35.0 Å². The Morgan fingerprint density at radius 2 is 2.12 bits per heavy atom. The van der Waals surface area contributed by atoms with Gasteiger partial charge in [0, 0.05) is 16.7 Å². The van der Waals surface area contributed by atoms with Crippen LogP contribution in [0.5, 0.6) is 0 Å². The molecule has 0 spiro atoms. The number of thioether (sulfide) groups is 1. The number of nitrogens with one attached hydrogen (secondary N) is 1. The molecule has 0 fully saturated rings. The summed E-state index contributed by atoms with van der Waals surface area (Å²) in [4.78, 5) is 12.3. The highest BCUT2D eigenvalue weighted by Crippen LogP contribution is 2.31. The fourth-order valence-corrected chi connectivity index (χ4v) is 3.33. The topological polar surface area (TPSA) is 112 Å². The number of nitrogens with two attached hydrogens (primary N) is 1. The van der Waals surface area contributed by atoms with Crippen molar-refractivity contribution in [1.82, 2.24) is 20.0 Å². The Hall–Kier alpha value is -2.23. The molecule has 3 N–H and O–H groups in total. The zero-order valence-electron chi connectivity index (χ0n) is 13.7. The summed E-state index contributed by atoms with van der Waals surface area (Å²) in [5.74, 6) is 6.44. The molecule has 26 heavy (non-hydrogen) atoms. The van der Waals surface area contributed by atoms with Crippen LogP contribution in [0.1, 0.15) is 12.6 Å². The van der Waals surface area contributed by atoms with E-state index < -0.39 is 5.25 Å². The Balaban J connectivity index is 1.74. The molecule has 8 nitrogen and oxygen atoms in total. The van der Waals surface area contributed by atoms with Crippen molar-refractivity contribution in [1.29, 1.82) is 0 Å². The summed E-state index contributed by atoms with van der Waals surface area (Å²) in [6.45, 7) is 3.48. The highest BCUT2D eigenvalue weighted by atomic mass is 35.5. The number of anilines is 1. The van der Waals surface area contributed by atoms with Crippen molar-refractivity contribution in [3.8, 4) is 11.4 Å². The summed E-state index contributed by atoms with van der Waals surface area (Å²) in [7, 11) is 0. The van der Waals surface area contributed by atoms with Crippen LogP contribution in [0.25, 0.3) is 11.4 Å². The lowest BCUT2D eigenvalue weighted by atomic mass is 10.2. The number of amides is 1. The highest BCUT2D eigenvalue weighted by molar-refractivity contribution is 8.00. The van der Waals surface area contributed by atoms with Crippen molar-refractivity contribution in [2.24, 2.45) is 0 Å². The zero-order chi connectivity index (χ0) is 18.8. The summed E-state index contributed by atoms with van der Waals surface area (Å²) in [5.41, 5.74) is 1.26. The zero-order valence-corrected chi connectivity index (χ0v) is 16.1. The molecule has 0 aliphatic rings. The van der Waals surface area contributed by atoms with Crippen molar-refractivity contribution < 1.29 is 9.32 Å². The first-order valence-electron chi connectivity index (χ1n) is 7.42. The SMILES string of the molecule is Cc1cc(NC(=O)C(C)Sc2nnc(-c3ccc(Cl)cc3Cl)n2N)on1. The van der Waals surface area contributed by atoms with E-state index in [1.54, 1.807) is 38.1 Å². The number of nitrogen functional groups attached to an aromatic ring is 1. The van der Waals surface area contributed by atoms with Gasteiger partial charge in [-0.3, -0.25) is 10.1 Å². The van der Waals surface area contributed by atoms with Crippen molar-refractivity contribution in [3.05, 3.63) is 40.0 Å². The van der Waals surface area contributed by atoms with E-state index in [0.29, 0.717) is 32.3 Å². The van der Waals surface area contributed by atoms with Gasteiger partial charge in [0.05, 0.1) is 16.0 Å². The van der Waals surface area contributed by atoms with Gasteiger partial charge in [-0.05, 0) is 32.0 Å². The molecule has 0 bridgehead atoms. The number of aryl methyl sites for hydroxylation is 1. The maximum absolute atomic E-state index is 12.3. The second-order valence-corrected chi connectivity index (χ2v) is 7.53. The average molecular weight is 413 g/mol. The lowest BCUT2D eigenvalue weighted by Crippen LogP contribution is -2.23. The minimum Gasteiger partial charge on any atom is -0.338 e. The van der Waals surface area contributed by atoms with Crippen molar-refractivity contribution in [3.63, 3.8) is 0 Å². The number of halogens is 2. The molecule has 0 radical (unpaired) electrons. The van der Waals surface area contributed by atoms with Crippen LogP contribution in [0.4, 0.5) is 5.88 Å². The second kappa shape index (κ2) is 7.56.